The van der Waals surface area contributed by atoms with Crippen LogP contribution in [0, 0.1) is 5.92 Å². The van der Waals surface area contributed by atoms with Gasteiger partial charge in [-0.15, -0.1) is 10.2 Å². The van der Waals surface area contributed by atoms with Gasteiger partial charge in [0.05, 0.1) is 6.42 Å². The van der Waals surface area contributed by atoms with Gasteiger partial charge in [0.2, 0.25) is 0 Å². The van der Waals surface area contributed by atoms with Crippen LogP contribution in [0.2, 0.25) is 5.02 Å². The lowest BCUT2D eigenvalue weighted by atomic mass is 9.95. The molecule has 1 atom stereocenters. The number of rotatable bonds is 5. The molecule has 0 aromatic heterocycles. The lowest BCUT2D eigenvalue weighted by Crippen LogP contribution is -2.59. The molecule has 164 valence electrons. The number of benzene rings is 1. The molecule has 2 N–H and O–H groups in total. The summed E-state index contributed by atoms with van der Waals surface area (Å²) in [5, 5.41) is 9.09. The molecule has 3 aliphatic rings. The lowest BCUT2D eigenvalue weighted by molar-refractivity contribution is 0.0184. The van der Waals surface area contributed by atoms with Crippen molar-refractivity contribution in [2.45, 2.75) is 51.6 Å². The Morgan fingerprint density at radius 3 is 2.43 bits per heavy atom. The van der Waals surface area contributed by atoms with Crippen molar-refractivity contribution in [3.8, 4) is 0 Å². The Kier molecular flexibility index (Phi) is 6.96. The second-order valence-electron chi connectivity index (χ2n) is 9.38. The van der Waals surface area contributed by atoms with Gasteiger partial charge in [-0.25, -0.2) is 0 Å². The molecule has 2 fully saturated rings. The highest BCUT2D eigenvalue weighted by molar-refractivity contribution is 6.30. The zero-order valence-electron chi connectivity index (χ0n) is 18.3. The Morgan fingerprint density at radius 2 is 1.80 bits per heavy atom. The molecule has 7 heteroatoms. The summed E-state index contributed by atoms with van der Waals surface area (Å²) in [6.45, 7) is 11.4. The number of piperazine rings is 1. The van der Waals surface area contributed by atoms with Crippen LogP contribution in [0.4, 0.5) is 0 Å². The number of amidine groups is 2. The standard InChI is InChI=1S/C23H35ClN6/c1-17(2)15-28-11-12-30(21(16-28)13-18-3-5-19(24)6-4-18)20-7-9-29(10-8-20)23-14-22(25)26-27-23/h3-6,17,20-21H,7-16H2,1-2H3,(H2,25,26)/t21-/m0/s1. The zero-order valence-corrected chi connectivity index (χ0v) is 19.1. The van der Waals surface area contributed by atoms with Crippen LogP contribution < -0.4 is 5.73 Å². The van der Waals surface area contributed by atoms with Crippen LogP contribution in [-0.2, 0) is 6.42 Å². The van der Waals surface area contributed by atoms with Gasteiger partial charge in [-0.2, -0.15) is 0 Å². The molecule has 3 aliphatic heterocycles. The van der Waals surface area contributed by atoms with Crippen LogP contribution >= 0.6 is 11.6 Å². The summed E-state index contributed by atoms with van der Waals surface area (Å²) in [6.07, 6.45) is 4.15. The average molecular weight is 431 g/mol. The number of nitrogens with zero attached hydrogens (tertiary/aromatic N) is 5. The predicted molar refractivity (Wildman–Crippen MR) is 125 cm³/mol. The third kappa shape index (κ3) is 5.34. The van der Waals surface area contributed by atoms with Gasteiger partial charge < -0.3 is 15.5 Å². The van der Waals surface area contributed by atoms with Crippen LogP contribution in [0.1, 0.15) is 38.7 Å². The first-order chi connectivity index (χ1) is 14.5. The maximum absolute atomic E-state index is 6.11. The molecule has 1 aromatic rings. The first-order valence-corrected chi connectivity index (χ1v) is 11.7. The number of hydrogen-bond acceptors (Lipinski definition) is 6. The largest absolute Gasteiger partial charge is 0.385 e. The minimum atomic E-state index is 0.554. The van der Waals surface area contributed by atoms with E-state index in [1.807, 2.05) is 12.1 Å². The number of hydrogen-bond donors (Lipinski definition) is 1. The van der Waals surface area contributed by atoms with Crippen LogP contribution in [0.3, 0.4) is 0 Å². The summed E-state index contributed by atoms with van der Waals surface area (Å²) < 4.78 is 0. The highest BCUT2D eigenvalue weighted by Gasteiger charge is 2.34. The maximum Gasteiger partial charge on any atom is 0.135 e. The molecule has 30 heavy (non-hydrogen) atoms. The molecular formula is C23H35ClN6. The van der Waals surface area contributed by atoms with E-state index in [-0.39, 0.29) is 0 Å². The van der Waals surface area contributed by atoms with Crippen molar-refractivity contribution in [3.63, 3.8) is 0 Å². The Labute approximate surface area is 185 Å². The molecule has 0 unspecified atom stereocenters. The zero-order chi connectivity index (χ0) is 21.1. The highest BCUT2D eigenvalue weighted by Crippen LogP contribution is 2.25. The van der Waals surface area contributed by atoms with Gasteiger partial charge >= 0.3 is 0 Å². The van der Waals surface area contributed by atoms with E-state index in [4.69, 9.17) is 17.3 Å². The number of likely N-dealkylation sites (tertiary alicyclic amines) is 1. The molecule has 0 spiro atoms. The van der Waals surface area contributed by atoms with Gasteiger partial charge in [-0.3, -0.25) is 4.90 Å². The van der Waals surface area contributed by atoms with Crippen LogP contribution in [0.15, 0.2) is 34.5 Å². The fourth-order valence-corrected chi connectivity index (χ4v) is 5.28. The summed E-state index contributed by atoms with van der Waals surface area (Å²) in [4.78, 5) is 7.83. The second kappa shape index (κ2) is 9.67. The summed E-state index contributed by atoms with van der Waals surface area (Å²) in [6, 6.07) is 9.60. The summed E-state index contributed by atoms with van der Waals surface area (Å²) in [7, 11) is 0. The Morgan fingerprint density at radius 1 is 1.07 bits per heavy atom. The number of nitrogens with two attached hydrogens (primary N) is 1. The van der Waals surface area contributed by atoms with E-state index >= 15 is 0 Å². The van der Waals surface area contributed by atoms with E-state index in [0.29, 0.717) is 30.3 Å². The summed E-state index contributed by atoms with van der Waals surface area (Å²) in [5.41, 5.74) is 7.19. The molecule has 0 bridgehead atoms. The minimum absolute atomic E-state index is 0.554. The smallest absolute Gasteiger partial charge is 0.135 e. The molecule has 0 aliphatic carbocycles. The first-order valence-electron chi connectivity index (χ1n) is 11.3. The van der Waals surface area contributed by atoms with Crippen molar-refractivity contribution in [2.75, 3.05) is 39.3 Å². The molecular weight excluding hydrogens is 396 g/mol. The highest BCUT2D eigenvalue weighted by atomic mass is 35.5. The molecule has 3 heterocycles. The molecule has 1 aromatic carbocycles. The maximum atomic E-state index is 6.11. The third-order valence-corrected chi connectivity index (χ3v) is 6.80. The SMILES string of the molecule is CC(C)CN1CCN(C2CCN(C3=NN=C(N)C3)CC2)[C@@H](Cc2ccc(Cl)cc2)C1. The van der Waals surface area contributed by atoms with Gasteiger partial charge in [-0.05, 0) is 42.9 Å². The monoisotopic (exact) mass is 430 g/mol. The second-order valence-corrected chi connectivity index (χ2v) is 9.81. The fraction of sp³-hybridized carbons (Fsp3) is 0.652. The minimum Gasteiger partial charge on any atom is -0.385 e. The number of halogens is 1. The van der Waals surface area contributed by atoms with E-state index < -0.39 is 0 Å². The molecule has 2 saturated heterocycles. The van der Waals surface area contributed by atoms with Gasteiger partial charge in [-0.1, -0.05) is 37.6 Å². The van der Waals surface area contributed by atoms with Crippen molar-refractivity contribution in [2.24, 2.45) is 21.9 Å². The van der Waals surface area contributed by atoms with Crippen molar-refractivity contribution < 1.29 is 0 Å². The summed E-state index contributed by atoms with van der Waals surface area (Å²) in [5.74, 6) is 2.39. The van der Waals surface area contributed by atoms with E-state index in [1.165, 1.54) is 31.5 Å². The average Bonchev–Trinajstić information content (AvgIpc) is 3.16. The van der Waals surface area contributed by atoms with Crippen LogP contribution in [-0.4, -0.2) is 77.7 Å². The normalized spacial score (nSPS) is 24.4. The van der Waals surface area contributed by atoms with E-state index in [1.54, 1.807) is 0 Å². The predicted octanol–water partition coefficient (Wildman–Crippen LogP) is 3.06. The van der Waals surface area contributed by atoms with Crippen LogP contribution in [0.25, 0.3) is 0 Å². The van der Waals surface area contributed by atoms with E-state index in [2.05, 4.69) is 50.9 Å². The van der Waals surface area contributed by atoms with Crippen molar-refractivity contribution in [3.05, 3.63) is 34.9 Å². The van der Waals surface area contributed by atoms with E-state index in [0.717, 1.165) is 43.5 Å². The van der Waals surface area contributed by atoms with Crippen LogP contribution in [0.5, 0.6) is 0 Å². The van der Waals surface area contributed by atoms with Crippen molar-refractivity contribution in [1.82, 2.24) is 14.7 Å². The topological polar surface area (TPSA) is 60.5 Å². The molecule has 0 radical (unpaired) electrons. The Balaban J connectivity index is 1.40. The first kappa shape index (κ1) is 21.6. The van der Waals surface area contributed by atoms with Crippen molar-refractivity contribution >= 4 is 23.3 Å². The number of piperidine rings is 1. The van der Waals surface area contributed by atoms with Gasteiger partial charge in [0.25, 0.3) is 0 Å². The quantitative estimate of drug-likeness (QED) is 0.779. The van der Waals surface area contributed by atoms with Gasteiger partial charge in [0.15, 0.2) is 0 Å². The third-order valence-electron chi connectivity index (χ3n) is 6.55. The Bertz CT molecular complexity index is 766. The van der Waals surface area contributed by atoms with Crippen molar-refractivity contribution in [1.29, 1.82) is 0 Å². The van der Waals surface area contributed by atoms with Gasteiger partial charge in [0, 0.05) is 56.4 Å². The van der Waals surface area contributed by atoms with Gasteiger partial charge in [0.1, 0.15) is 11.7 Å². The lowest BCUT2D eigenvalue weighted by Gasteiger charge is -2.48. The molecule has 6 nitrogen and oxygen atoms in total. The molecule has 4 rings (SSSR count). The summed E-state index contributed by atoms with van der Waals surface area (Å²) >= 11 is 6.11. The Hall–Kier alpha value is -1.63. The fourth-order valence-electron chi connectivity index (χ4n) is 5.16. The molecule has 0 amide bonds. The molecule has 0 saturated carbocycles. The van der Waals surface area contributed by atoms with E-state index in [9.17, 15) is 0 Å².